The number of thiocarbonyl (C=S) groups is 1. The van der Waals surface area contributed by atoms with Gasteiger partial charge in [-0.25, -0.2) is 0 Å². The van der Waals surface area contributed by atoms with Crippen LogP contribution in [0, 0.1) is 0 Å². The normalized spacial score (nSPS) is 9.85. The van der Waals surface area contributed by atoms with Crippen molar-refractivity contribution in [2.75, 3.05) is 5.32 Å². The first kappa shape index (κ1) is 14.1. The Morgan fingerprint density at radius 1 is 1.25 bits per heavy atom. The number of anilines is 1. The standard InChI is InChI=1S/C14H16N4OS/c1-2-10-5-3-6-11(9-10)16-14(20)18-17-13(19)12-7-4-8-15-12/h3-9,15H,2H2,1H3,(H,17,19)(H2,16,18,20). The molecule has 0 fully saturated rings. The zero-order valence-corrected chi connectivity index (χ0v) is 11.9. The van der Waals surface area contributed by atoms with Gasteiger partial charge in [0.15, 0.2) is 5.11 Å². The second-order valence-corrected chi connectivity index (χ2v) is 4.58. The molecule has 0 aliphatic heterocycles. The van der Waals surface area contributed by atoms with Crippen LogP contribution in [0.5, 0.6) is 0 Å². The van der Waals surface area contributed by atoms with Crippen molar-refractivity contribution in [3.8, 4) is 0 Å². The number of aromatic amines is 1. The van der Waals surface area contributed by atoms with Crippen molar-refractivity contribution in [1.82, 2.24) is 15.8 Å². The molecule has 0 aliphatic rings. The number of nitrogens with one attached hydrogen (secondary N) is 4. The first-order chi connectivity index (χ1) is 9.69. The molecule has 0 aliphatic carbocycles. The van der Waals surface area contributed by atoms with Gasteiger partial charge in [0.05, 0.1) is 0 Å². The molecule has 2 rings (SSSR count). The summed E-state index contributed by atoms with van der Waals surface area (Å²) in [5.74, 6) is -0.276. The predicted molar refractivity (Wildman–Crippen MR) is 83.4 cm³/mol. The highest BCUT2D eigenvalue weighted by Crippen LogP contribution is 2.10. The van der Waals surface area contributed by atoms with Gasteiger partial charge in [0, 0.05) is 11.9 Å². The number of aryl methyl sites for hydroxylation is 1. The third-order valence-electron chi connectivity index (χ3n) is 2.73. The Hall–Kier alpha value is -2.34. The third-order valence-corrected chi connectivity index (χ3v) is 2.93. The molecule has 0 radical (unpaired) electrons. The summed E-state index contributed by atoms with van der Waals surface area (Å²) < 4.78 is 0. The van der Waals surface area contributed by atoms with E-state index in [4.69, 9.17) is 12.2 Å². The summed E-state index contributed by atoms with van der Waals surface area (Å²) in [6, 6.07) is 11.4. The minimum absolute atomic E-state index is 0.276. The molecule has 104 valence electrons. The van der Waals surface area contributed by atoms with E-state index in [1.807, 2.05) is 18.2 Å². The average Bonchev–Trinajstić information content (AvgIpc) is 2.99. The van der Waals surface area contributed by atoms with Crippen LogP contribution >= 0.6 is 12.2 Å². The Labute approximate surface area is 122 Å². The van der Waals surface area contributed by atoms with Crippen LogP contribution in [0.15, 0.2) is 42.6 Å². The second-order valence-electron chi connectivity index (χ2n) is 4.17. The van der Waals surface area contributed by atoms with E-state index in [9.17, 15) is 4.79 Å². The van der Waals surface area contributed by atoms with Gasteiger partial charge in [0.1, 0.15) is 5.69 Å². The number of amides is 1. The van der Waals surface area contributed by atoms with Gasteiger partial charge in [0.2, 0.25) is 0 Å². The summed E-state index contributed by atoms with van der Waals surface area (Å²) in [5.41, 5.74) is 7.73. The highest BCUT2D eigenvalue weighted by atomic mass is 32.1. The van der Waals surface area contributed by atoms with Gasteiger partial charge in [0.25, 0.3) is 5.91 Å². The molecule has 20 heavy (non-hydrogen) atoms. The fraction of sp³-hybridized carbons (Fsp3) is 0.143. The van der Waals surface area contributed by atoms with Crippen LogP contribution in [0.2, 0.25) is 0 Å². The minimum Gasteiger partial charge on any atom is -0.357 e. The molecule has 0 saturated carbocycles. The Balaban J connectivity index is 1.85. The van der Waals surface area contributed by atoms with Gasteiger partial charge in [-0.1, -0.05) is 19.1 Å². The summed E-state index contributed by atoms with van der Waals surface area (Å²) in [6.45, 7) is 2.09. The van der Waals surface area contributed by atoms with E-state index in [0.29, 0.717) is 10.8 Å². The topological polar surface area (TPSA) is 68.9 Å². The van der Waals surface area contributed by atoms with Crippen molar-refractivity contribution < 1.29 is 4.79 Å². The maximum Gasteiger partial charge on any atom is 0.286 e. The summed E-state index contributed by atoms with van der Waals surface area (Å²) in [7, 11) is 0. The van der Waals surface area contributed by atoms with Crippen molar-refractivity contribution in [2.24, 2.45) is 0 Å². The minimum atomic E-state index is -0.276. The molecule has 1 heterocycles. The molecule has 0 saturated heterocycles. The molecule has 2 aromatic rings. The predicted octanol–water partition coefficient (Wildman–Crippen LogP) is 2.21. The lowest BCUT2D eigenvalue weighted by molar-refractivity contribution is 0.0940. The van der Waals surface area contributed by atoms with E-state index in [-0.39, 0.29) is 5.91 Å². The van der Waals surface area contributed by atoms with Crippen LogP contribution < -0.4 is 16.2 Å². The van der Waals surface area contributed by atoms with Gasteiger partial charge < -0.3 is 10.3 Å². The molecule has 6 heteroatoms. The molecule has 1 amide bonds. The summed E-state index contributed by atoms with van der Waals surface area (Å²) in [5, 5.41) is 3.34. The second kappa shape index (κ2) is 6.72. The lowest BCUT2D eigenvalue weighted by atomic mass is 10.1. The van der Waals surface area contributed by atoms with Crippen LogP contribution in [0.4, 0.5) is 5.69 Å². The lowest BCUT2D eigenvalue weighted by Gasteiger charge is -2.11. The highest BCUT2D eigenvalue weighted by Gasteiger charge is 2.05. The van der Waals surface area contributed by atoms with Crippen molar-refractivity contribution in [2.45, 2.75) is 13.3 Å². The van der Waals surface area contributed by atoms with Crippen molar-refractivity contribution in [3.63, 3.8) is 0 Å². The molecule has 1 aromatic carbocycles. The largest absolute Gasteiger partial charge is 0.357 e. The number of carbonyl (C=O) groups excluding carboxylic acids is 1. The Bertz CT molecular complexity index is 595. The van der Waals surface area contributed by atoms with Crippen LogP contribution in [0.1, 0.15) is 23.0 Å². The number of aromatic nitrogens is 1. The number of benzene rings is 1. The molecule has 1 aromatic heterocycles. The third kappa shape index (κ3) is 3.83. The maximum absolute atomic E-state index is 11.7. The maximum atomic E-state index is 11.7. The van der Waals surface area contributed by atoms with Crippen molar-refractivity contribution >= 4 is 28.9 Å². The number of hydrogen-bond acceptors (Lipinski definition) is 2. The zero-order chi connectivity index (χ0) is 14.4. The molecule has 0 spiro atoms. The summed E-state index contributed by atoms with van der Waals surface area (Å²) in [4.78, 5) is 14.5. The quantitative estimate of drug-likeness (QED) is 0.516. The van der Waals surface area contributed by atoms with Crippen LogP contribution in [-0.2, 0) is 6.42 Å². The molecule has 0 unspecified atom stereocenters. The van der Waals surface area contributed by atoms with Crippen molar-refractivity contribution in [1.29, 1.82) is 0 Å². The van der Waals surface area contributed by atoms with Gasteiger partial charge >= 0.3 is 0 Å². The number of carbonyl (C=O) groups is 1. The van der Waals surface area contributed by atoms with E-state index in [0.717, 1.165) is 12.1 Å². The molecular formula is C14H16N4OS. The summed E-state index contributed by atoms with van der Waals surface area (Å²) >= 11 is 5.12. The Kier molecular flexibility index (Phi) is 4.73. The molecular weight excluding hydrogens is 272 g/mol. The monoisotopic (exact) mass is 288 g/mol. The molecule has 0 atom stereocenters. The van der Waals surface area contributed by atoms with E-state index < -0.39 is 0 Å². The number of H-pyrrole nitrogens is 1. The molecule has 4 N–H and O–H groups in total. The Morgan fingerprint density at radius 2 is 2.10 bits per heavy atom. The number of hydrazine groups is 1. The Morgan fingerprint density at radius 3 is 2.80 bits per heavy atom. The van der Waals surface area contributed by atoms with Gasteiger partial charge in [-0.05, 0) is 48.5 Å². The lowest BCUT2D eigenvalue weighted by Crippen LogP contribution is -2.43. The van der Waals surface area contributed by atoms with Gasteiger partial charge in [-0.2, -0.15) is 0 Å². The van der Waals surface area contributed by atoms with E-state index in [1.165, 1.54) is 5.56 Å². The average molecular weight is 288 g/mol. The fourth-order valence-corrected chi connectivity index (χ4v) is 1.85. The first-order valence-corrected chi connectivity index (χ1v) is 6.69. The van der Waals surface area contributed by atoms with Crippen LogP contribution in [-0.4, -0.2) is 16.0 Å². The van der Waals surface area contributed by atoms with Gasteiger partial charge in [-0.15, -0.1) is 0 Å². The highest BCUT2D eigenvalue weighted by molar-refractivity contribution is 7.80. The molecule has 0 bridgehead atoms. The van der Waals surface area contributed by atoms with E-state index >= 15 is 0 Å². The van der Waals surface area contributed by atoms with Gasteiger partial charge in [-0.3, -0.25) is 15.6 Å². The van der Waals surface area contributed by atoms with Crippen LogP contribution in [0.3, 0.4) is 0 Å². The zero-order valence-electron chi connectivity index (χ0n) is 11.1. The first-order valence-electron chi connectivity index (χ1n) is 6.28. The van der Waals surface area contributed by atoms with E-state index in [1.54, 1.807) is 18.3 Å². The fourth-order valence-electron chi connectivity index (χ4n) is 1.68. The van der Waals surface area contributed by atoms with Crippen molar-refractivity contribution in [3.05, 3.63) is 53.9 Å². The molecule has 5 nitrogen and oxygen atoms in total. The number of hydrogen-bond donors (Lipinski definition) is 4. The number of rotatable bonds is 3. The van der Waals surface area contributed by atoms with Crippen LogP contribution in [0.25, 0.3) is 0 Å². The summed E-state index contributed by atoms with van der Waals surface area (Å²) in [6.07, 6.45) is 2.64. The van der Waals surface area contributed by atoms with E-state index in [2.05, 4.69) is 34.1 Å². The smallest absolute Gasteiger partial charge is 0.286 e. The SMILES string of the molecule is CCc1cccc(NC(=S)NNC(=O)c2ccc[nH]2)c1.